The molecule has 0 saturated heterocycles. The van der Waals surface area contributed by atoms with Crippen molar-refractivity contribution in [3.05, 3.63) is 82.2 Å². The Morgan fingerprint density at radius 3 is 2.66 bits per heavy atom. The molecule has 0 saturated carbocycles. The summed E-state index contributed by atoms with van der Waals surface area (Å²) in [6.07, 6.45) is 0. The summed E-state index contributed by atoms with van der Waals surface area (Å²) < 4.78 is 3.15. The van der Waals surface area contributed by atoms with Crippen LogP contribution in [-0.4, -0.2) is 20.5 Å². The van der Waals surface area contributed by atoms with Crippen LogP contribution in [-0.2, 0) is 5.75 Å². The summed E-state index contributed by atoms with van der Waals surface area (Å²) in [7, 11) is 0. The summed E-state index contributed by atoms with van der Waals surface area (Å²) in [4.78, 5) is 17.7. The molecule has 29 heavy (non-hydrogen) atoms. The van der Waals surface area contributed by atoms with Gasteiger partial charge in [-0.1, -0.05) is 47.8 Å². The molecule has 0 bridgehead atoms. The summed E-state index contributed by atoms with van der Waals surface area (Å²) in [6.45, 7) is 8.33. The lowest BCUT2D eigenvalue weighted by atomic mass is 10.1. The van der Waals surface area contributed by atoms with Crippen LogP contribution in [0.5, 0.6) is 0 Å². The van der Waals surface area contributed by atoms with Gasteiger partial charge in [0.1, 0.15) is 4.38 Å². The summed E-state index contributed by atoms with van der Waals surface area (Å²) >= 11 is 3.25. The number of fused-ring (bicyclic) bond motifs is 1. The van der Waals surface area contributed by atoms with Gasteiger partial charge in [-0.2, -0.15) is 0 Å². The summed E-state index contributed by atoms with van der Waals surface area (Å²) in [5.41, 5.74) is 8.80. The molecule has 0 atom stereocenters. The molecular weight excluding hydrogens is 396 g/mol. The number of aryl methyl sites for hydroxylation is 3. The summed E-state index contributed by atoms with van der Waals surface area (Å²) in [6, 6.07) is 16.7. The van der Waals surface area contributed by atoms with Gasteiger partial charge in [0.2, 0.25) is 0 Å². The van der Waals surface area contributed by atoms with Crippen molar-refractivity contribution in [1.82, 2.24) is 4.57 Å². The Labute approximate surface area is 180 Å². The normalized spacial score (nSPS) is 13.2. The van der Waals surface area contributed by atoms with Crippen molar-refractivity contribution in [2.24, 2.45) is 4.99 Å². The number of ketones is 1. The average Bonchev–Trinajstić information content (AvgIpc) is 3.02. The van der Waals surface area contributed by atoms with E-state index >= 15 is 0 Å². The lowest BCUT2D eigenvalue weighted by Crippen LogP contribution is -2.07. The van der Waals surface area contributed by atoms with E-state index in [-0.39, 0.29) is 5.78 Å². The monoisotopic (exact) mass is 420 g/mol. The first-order valence-corrected chi connectivity index (χ1v) is 11.6. The van der Waals surface area contributed by atoms with E-state index in [0.29, 0.717) is 5.75 Å². The molecule has 4 rings (SSSR count). The number of Topliss-reactive ketones (excluding diaryl/α,β-unsaturated/α-hetero) is 1. The lowest BCUT2D eigenvalue weighted by Gasteiger charge is -2.14. The van der Waals surface area contributed by atoms with E-state index in [2.05, 4.69) is 49.6 Å². The van der Waals surface area contributed by atoms with Gasteiger partial charge in [0.15, 0.2) is 5.78 Å². The third kappa shape index (κ3) is 4.07. The topological polar surface area (TPSA) is 34.4 Å². The molecular formula is C24H24N2OS2. The van der Waals surface area contributed by atoms with Crippen molar-refractivity contribution < 1.29 is 4.79 Å². The third-order valence-electron chi connectivity index (χ3n) is 5.36. The molecule has 1 aliphatic heterocycles. The fraction of sp³-hybridized carbons (Fsp3) is 0.250. The average molecular weight is 421 g/mol. The Hall–Kier alpha value is -2.24. The van der Waals surface area contributed by atoms with E-state index in [1.807, 2.05) is 31.2 Å². The van der Waals surface area contributed by atoms with Crippen molar-refractivity contribution in [2.75, 3.05) is 5.75 Å². The Balaban J connectivity index is 1.53. The third-order valence-corrected chi connectivity index (χ3v) is 7.61. The van der Waals surface area contributed by atoms with Gasteiger partial charge in [-0.05, 0) is 68.7 Å². The predicted octanol–water partition coefficient (Wildman–Crippen LogP) is 6.56. The van der Waals surface area contributed by atoms with Crippen LogP contribution in [0.4, 0.5) is 5.69 Å². The molecule has 5 heteroatoms. The van der Waals surface area contributed by atoms with Crippen LogP contribution in [0.2, 0.25) is 0 Å². The van der Waals surface area contributed by atoms with E-state index in [9.17, 15) is 4.79 Å². The van der Waals surface area contributed by atoms with Crippen LogP contribution in [0.3, 0.4) is 0 Å². The number of rotatable bonds is 4. The van der Waals surface area contributed by atoms with E-state index in [1.165, 1.54) is 16.7 Å². The first-order valence-electron chi connectivity index (χ1n) is 9.66. The van der Waals surface area contributed by atoms with Crippen molar-refractivity contribution in [3.63, 3.8) is 0 Å². The molecule has 0 spiro atoms. The number of para-hydroxylation sites is 1. The zero-order valence-electron chi connectivity index (χ0n) is 17.2. The fourth-order valence-electron chi connectivity index (χ4n) is 3.60. The highest BCUT2D eigenvalue weighted by atomic mass is 32.2. The van der Waals surface area contributed by atoms with Gasteiger partial charge in [-0.15, -0.1) is 0 Å². The van der Waals surface area contributed by atoms with Crippen molar-refractivity contribution in [3.8, 4) is 5.69 Å². The molecule has 1 aliphatic rings. The number of hydrogen-bond acceptors (Lipinski definition) is 4. The van der Waals surface area contributed by atoms with Gasteiger partial charge < -0.3 is 4.57 Å². The van der Waals surface area contributed by atoms with Gasteiger partial charge in [0.25, 0.3) is 0 Å². The van der Waals surface area contributed by atoms with E-state index in [0.717, 1.165) is 38.5 Å². The van der Waals surface area contributed by atoms with Gasteiger partial charge in [0.05, 0.1) is 11.4 Å². The lowest BCUT2D eigenvalue weighted by molar-refractivity contribution is 0.102. The van der Waals surface area contributed by atoms with Crippen molar-refractivity contribution in [2.45, 2.75) is 33.4 Å². The Morgan fingerprint density at radius 2 is 1.86 bits per heavy atom. The molecule has 148 valence electrons. The smallest absolute Gasteiger partial charge is 0.174 e. The van der Waals surface area contributed by atoms with Crippen molar-refractivity contribution in [1.29, 1.82) is 0 Å². The van der Waals surface area contributed by atoms with Crippen LogP contribution in [0, 0.1) is 27.7 Å². The first-order chi connectivity index (χ1) is 13.9. The fourth-order valence-corrected chi connectivity index (χ4v) is 5.54. The van der Waals surface area contributed by atoms with Crippen LogP contribution < -0.4 is 0 Å². The molecule has 0 unspecified atom stereocenters. The van der Waals surface area contributed by atoms with Gasteiger partial charge in [-0.3, -0.25) is 4.79 Å². The molecule has 0 N–H and O–H groups in total. The zero-order valence-corrected chi connectivity index (χ0v) is 18.8. The highest BCUT2D eigenvalue weighted by Crippen LogP contribution is 2.35. The number of aromatic nitrogens is 1. The molecule has 2 aromatic carbocycles. The Kier molecular flexibility index (Phi) is 5.70. The number of nitrogens with zero attached hydrogens (tertiary/aromatic N) is 2. The van der Waals surface area contributed by atoms with Crippen LogP contribution in [0.25, 0.3) is 5.69 Å². The molecule has 3 nitrogen and oxygen atoms in total. The summed E-state index contributed by atoms with van der Waals surface area (Å²) in [5, 5.41) is 0. The first kappa shape index (κ1) is 20.0. The Bertz CT molecular complexity index is 1130. The minimum Gasteiger partial charge on any atom is -0.318 e. The molecule has 3 aromatic rings. The minimum atomic E-state index is 0.153. The Morgan fingerprint density at radius 1 is 1.07 bits per heavy atom. The molecule has 0 radical (unpaired) electrons. The maximum Gasteiger partial charge on any atom is 0.174 e. The molecule has 0 fully saturated rings. The molecule has 0 amide bonds. The maximum absolute atomic E-state index is 13.0. The van der Waals surface area contributed by atoms with Crippen LogP contribution in [0.1, 0.15) is 38.4 Å². The number of carbonyl (C=O) groups is 1. The SMILES string of the molecule is Cc1ccc(-n2c(C)cc(C(=O)CSC3=Nc4ccccc4CS3)c2C)cc1C. The second kappa shape index (κ2) is 8.25. The highest BCUT2D eigenvalue weighted by Gasteiger charge is 2.19. The minimum absolute atomic E-state index is 0.153. The highest BCUT2D eigenvalue weighted by molar-refractivity contribution is 8.38. The van der Waals surface area contributed by atoms with Crippen LogP contribution >= 0.6 is 23.5 Å². The van der Waals surface area contributed by atoms with Gasteiger partial charge >= 0.3 is 0 Å². The van der Waals surface area contributed by atoms with E-state index in [4.69, 9.17) is 4.99 Å². The van der Waals surface area contributed by atoms with Gasteiger partial charge in [-0.25, -0.2) is 4.99 Å². The predicted molar refractivity (Wildman–Crippen MR) is 126 cm³/mol. The zero-order chi connectivity index (χ0) is 20.5. The van der Waals surface area contributed by atoms with Crippen LogP contribution in [0.15, 0.2) is 53.5 Å². The number of carbonyl (C=O) groups excluding carboxylic acids is 1. The summed E-state index contributed by atoms with van der Waals surface area (Å²) in [5.74, 6) is 1.48. The van der Waals surface area contributed by atoms with Crippen molar-refractivity contribution >= 4 is 39.4 Å². The van der Waals surface area contributed by atoms with E-state index < -0.39 is 0 Å². The second-order valence-corrected chi connectivity index (χ2v) is 9.58. The number of thioether (sulfide) groups is 2. The number of aliphatic imine (C=N–C) groups is 1. The van der Waals surface area contributed by atoms with Gasteiger partial charge in [0, 0.05) is 28.4 Å². The molecule has 0 aliphatic carbocycles. The molecule has 1 aromatic heterocycles. The number of hydrogen-bond donors (Lipinski definition) is 0. The second-order valence-electron chi connectivity index (χ2n) is 7.40. The maximum atomic E-state index is 13.0. The quantitative estimate of drug-likeness (QED) is 0.448. The standard InChI is InChI=1S/C24H24N2OS2/c1-15-9-10-20(11-16(15)2)26-17(3)12-21(18(26)4)23(27)14-29-24-25-22-8-6-5-7-19(22)13-28-24/h5-12H,13-14H2,1-4H3. The largest absolute Gasteiger partial charge is 0.318 e. The molecule has 2 heterocycles. The van der Waals surface area contributed by atoms with E-state index in [1.54, 1.807) is 23.5 Å². The number of benzene rings is 2.